The van der Waals surface area contributed by atoms with E-state index >= 15 is 0 Å². The molecule has 5 nitrogen and oxygen atoms in total. The Morgan fingerprint density at radius 3 is 2.67 bits per heavy atom. The molecule has 2 N–H and O–H groups in total. The van der Waals surface area contributed by atoms with E-state index in [1.165, 1.54) is 30.5 Å². The quantitative estimate of drug-likeness (QED) is 0.649. The van der Waals surface area contributed by atoms with E-state index in [0.717, 1.165) is 50.1 Å². The van der Waals surface area contributed by atoms with Crippen LogP contribution in [-0.2, 0) is 22.2 Å². The summed E-state index contributed by atoms with van der Waals surface area (Å²) < 4.78 is 13.5. The summed E-state index contributed by atoms with van der Waals surface area (Å²) in [7, 11) is 1.82. The second-order valence-corrected chi connectivity index (χ2v) is 12.9. The minimum atomic E-state index is -1.05. The lowest BCUT2D eigenvalue weighted by atomic mass is 9.33. The van der Waals surface area contributed by atoms with E-state index in [2.05, 4.69) is 11.0 Å². The molecule has 190 valence electrons. The molecule has 5 aliphatic carbocycles. The van der Waals surface area contributed by atoms with E-state index in [9.17, 15) is 10.2 Å². The molecule has 0 amide bonds. The number of rotatable bonds is 5. The van der Waals surface area contributed by atoms with Crippen LogP contribution in [-0.4, -0.2) is 53.1 Å². The first-order valence-corrected chi connectivity index (χ1v) is 14.0. The number of aromatic hydroxyl groups is 1. The number of hydrogen-bond acceptors (Lipinski definition) is 5. The minimum Gasteiger partial charge on any atom is -0.504 e. The molecule has 9 rings (SSSR count). The van der Waals surface area contributed by atoms with Gasteiger partial charge in [0.05, 0.1) is 5.60 Å². The maximum atomic E-state index is 12.3. The number of aliphatic hydroxyl groups is 1. The summed E-state index contributed by atoms with van der Waals surface area (Å²) in [5, 5.41) is 23.3. The fourth-order valence-corrected chi connectivity index (χ4v) is 10.0. The van der Waals surface area contributed by atoms with Crippen LogP contribution in [0.2, 0.25) is 0 Å². The van der Waals surface area contributed by atoms with E-state index in [1.807, 2.05) is 50.4 Å². The molecule has 7 aliphatic rings. The van der Waals surface area contributed by atoms with Crippen LogP contribution in [0.3, 0.4) is 0 Å². The van der Waals surface area contributed by atoms with Crippen molar-refractivity contribution in [1.29, 1.82) is 0 Å². The van der Waals surface area contributed by atoms with Crippen molar-refractivity contribution in [3.63, 3.8) is 0 Å². The first-order chi connectivity index (χ1) is 17.4. The maximum absolute atomic E-state index is 12.3. The van der Waals surface area contributed by atoms with Crippen LogP contribution in [0.1, 0.15) is 62.1 Å². The van der Waals surface area contributed by atoms with Gasteiger partial charge in [-0.15, -0.1) is 0 Å². The van der Waals surface area contributed by atoms with Crippen molar-refractivity contribution < 1.29 is 19.7 Å². The Labute approximate surface area is 213 Å². The van der Waals surface area contributed by atoms with Crippen LogP contribution in [0.25, 0.3) is 0 Å². The molecule has 7 atom stereocenters. The molecule has 0 radical (unpaired) electrons. The molecule has 2 spiro atoms. The topological polar surface area (TPSA) is 62.2 Å². The Kier molecular flexibility index (Phi) is 4.18. The van der Waals surface area contributed by atoms with Crippen molar-refractivity contribution in [2.24, 2.45) is 17.3 Å². The third kappa shape index (κ3) is 2.35. The van der Waals surface area contributed by atoms with Crippen molar-refractivity contribution in [3.8, 4) is 11.5 Å². The standard InChI is InChI=1S/C31H37NO4/c1-28(34,21-6-4-3-5-7-21)23-17-29-12-13-31(23,35-2)27-30(29)14-15-32(18-19-8-9-19)24(29)16-20-10-11-22(33)26(36-27)25(20)30/h3-7,10-11,19,23-24,27,33-34H,8-9,12-18H2,1-2H3/t23-,24?,27+,28+,29?,30+,31-/m1/s1. The van der Waals surface area contributed by atoms with Crippen molar-refractivity contribution in [1.82, 2.24) is 4.90 Å². The Morgan fingerprint density at radius 2 is 1.92 bits per heavy atom. The Balaban J connectivity index is 1.36. The summed E-state index contributed by atoms with van der Waals surface area (Å²) in [6, 6.07) is 14.6. The number of likely N-dealkylation sites (tertiary alicyclic amines) is 1. The molecule has 5 fully saturated rings. The van der Waals surface area contributed by atoms with E-state index in [4.69, 9.17) is 9.47 Å². The minimum absolute atomic E-state index is 0.000563. The van der Waals surface area contributed by atoms with Gasteiger partial charge in [-0.3, -0.25) is 4.90 Å². The summed E-state index contributed by atoms with van der Waals surface area (Å²) >= 11 is 0. The molecule has 2 aromatic carbocycles. The Bertz CT molecular complexity index is 1240. The number of fused-ring (bicyclic) bond motifs is 2. The number of phenols is 1. The summed E-state index contributed by atoms with van der Waals surface area (Å²) in [5.74, 6) is 1.69. The largest absolute Gasteiger partial charge is 0.504 e. The Morgan fingerprint density at radius 1 is 1.11 bits per heavy atom. The number of hydrogen-bond donors (Lipinski definition) is 2. The van der Waals surface area contributed by atoms with Gasteiger partial charge in [0.1, 0.15) is 11.7 Å². The van der Waals surface area contributed by atoms with Crippen molar-refractivity contribution >= 4 is 0 Å². The van der Waals surface area contributed by atoms with Gasteiger partial charge in [0.15, 0.2) is 11.5 Å². The molecule has 4 saturated carbocycles. The average Bonchev–Trinajstić information content (AvgIpc) is 3.64. The lowest BCUT2D eigenvalue weighted by Gasteiger charge is -2.75. The predicted octanol–water partition coefficient (Wildman–Crippen LogP) is 4.52. The number of methoxy groups -OCH3 is 1. The van der Waals surface area contributed by atoms with Gasteiger partial charge < -0.3 is 19.7 Å². The lowest BCUT2D eigenvalue weighted by Crippen LogP contribution is -2.82. The zero-order chi connectivity index (χ0) is 24.5. The summed E-state index contributed by atoms with van der Waals surface area (Å²) in [4.78, 5) is 2.81. The van der Waals surface area contributed by atoms with Crippen LogP contribution in [0.15, 0.2) is 42.5 Å². The third-order valence-electron chi connectivity index (χ3n) is 11.7. The average molecular weight is 488 g/mol. The summed E-state index contributed by atoms with van der Waals surface area (Å²) in [5.41, 5.74) is 1.73. The van der Waals surface area contributed by atoms with E-state index < -0.39 is 11.2 Å². The second-order valence-electron chi connectivity index (χ2n) is 12.9. The SMILES string of the molecule is CO[C@]12CCC3(C[C@@H]1[C@@](C)(O)c1ccccc1)C1Cc4ccc(O)c5c4[C@@]3(CCN1CC1CC1)[C@@H]2O5. The zero-order valence-corrected chi connectivity index (χ0v) is 21.4. The van der Waals surface area contributed by atoms with Gasteiger partial charge in [-0.1, -0.05) is 36.4 Å². The smallest absolute Gasteiger partial charge is 0.165 e. The number of benzene rings is 2. The van der Waals surface area contributed by atoms with Crippen LogP contribution in [0, 0.1) is 17.3 Å². The monoisotopic (exact) mass is 487 g/mol. The van der Waals surface area contributed by atoms with Gasteiger partial charge in [-0.05, 0) is 81.5 Å². The Hall–Kier alpha value is -2.08. The van der Waals surface area contributed by atoms with Crippen molar-refractivity contribution in [2.75, 3.05) is 20.2 Å². The van der Waals surface area contributed by atoms with Crippen LogP contribution < -0.4 is 4.74 Å². The summed E-state index contributed by atoms with van der Waals surface area (Å²) in [6.45, 7) is 4.27. The van der Waals surface area contributed by atoms with E-state index in [1.54, 1.807) is 0 Å². The number of ether oxygens (including phenoxy) is 2. The van der Waals surface area contributed by atoms with Crippen molar-refractivity contribution in [3.05, 3.63) is 59.2 Å². The lowest BCUT2D eigenvalue weighted by molar-refractivity contribution is -0.304. The van der Waals surface area contributed by atoms with Gasteiger partial charge >= 0.3 is 0 Å². The van der Waals surface area contributed by atoms with Gasteiger partial charge in [0, 0.05) is 42.0 Å². The molecule has 0 aromatic heterocycles. The molecule has 36 heavy (non-hydrogen) atoms. The van der Waals surface area contributed by atoms with Gasteiger partial charge in [0.2, 0.25) is 0 Å². The molecule has 2 aliphatic heterocycles. The van der Waals surface area contributed by atoms with Gasteiger partial charge in [-0.25, -0.2) is 0 Å². The molecular formula is C31H37NO4. The molecule has 2 unspecified atom stereocenters. The van der Waals surface area contributed by atoms with E-state index in [0.29, 0.717) is 11.8 Å². The highest BCUT2D eigenvalue weighted by molar-refractivity contribution is 5.63. The fourth-order valence-electron chi connectivity index (χ4n) is 10.0. The number of piperidine rings is 1. The normalized spacial score (nSPS) is 41.5. The first kappa shape index (κ1) is 22.0. The molecule has 2 heterocycles. The van der Waals surface area contributed by atoms with Gasteiger partial charge in [-0.2, -0.15) is 0 Å². The predicted molar refractivity (Wildman–Crippen MR) is 136 cm³/mol. The fraction of sp³-hybridized carbons (Fsp3) is 0.613. The zero-order valence-electron chi connectivity index (χ0n) is 21.4. The molecule has 1 saturated heterocycles. The van der Waals surface area contributed by atoms with Gasteiger partial charge in [0.25, 0.3) is 0 Å². The summed E-state index contributed by atoms with van der Waals surface area (Å²) in [6.07, 6.45) is 7.45. The maximum Gasteiger partial charge on any atom is 0.165 e. The highest BCUT2D eigenvalue weighted by Gasteiger charge is 2.82. The highest BCUT2D eigenvalue weighted by Crippen LogP contribution is 2.78. The van der Waals surface area contributed by atoms with Crippen LogP contribution in [0.5, 0.6) is 11.5 Å². The number of phenolic OH excluding ortho intramolecular Hbond substituents is 1. The van der Waals surface area contributed by atoms with E-state index in [-0.39, 0.29) is 28.6 Å². The molecule has 2 aromatic rings. The molecule has 4 bridgehead atoms. The number of nitrogens with zero attached hydrogens (tertiary/aromatic N) is 1. The second kappa shape index (κ2) is 6.86. The first-order valence-electron chi connectivity index (χ1n) is 14.0. The molecule has 5 heteroatoms. The third-order valence-corrected chi connectivity index (χ3v) is 11.7. The van der Waals surface area contributed by atoms with Crippen LogP contribution in [0.4, 0.5) is 0 Å². The molecular weight excluding hydrogens is 450 g/mol. The van der Waals surface area contributed by atoms with Crippen molar-refractivity contribution in [2.45, 2.75) is 80.6 Å². The highest BCUT2D eigenvalue weighted by atomic mass is 16.6. The van der Waals surface area contributed by atoms with Crippen LogP contribution >= 0.6 is 0 Å².